The summed E-state index contributed by atoms with van der Waals surface area (Å²) in [7, 11) is 3.65. The zero-order valence-electron chi connectivity index (χ0n) is 16.1. The van der Waals surface area contributed by atoms with Gasteiger partial charge in [0.2, 0.25) is 5.91 Å². The van der Waals surface area contributed by atoms with Crippen LogP contribution < -0.4 is 10.1 Å². The molecule has 0 radical (unpaired) electrons. The number of carbonyl (C=O) groups excluding carboxylic acids is 1. The van der Waals surface area contributed by atoms with Gasteiger partial charge in [-0.2, -0.15) is 0 Å². The molecular formula is C20H33N3O2. The minimum atomic E-state index is -0.235. The Balaban J connectivity index is 2.12. The van der Waals surface area contributed by atoms with Crippen LogP contribution in [0.1, 0.15) is 44.7 Å². The summed E-state index contributed by atoms with van der Waals surface area (Å²) >= 11 is 0. The van der Waals surface area contributed by atoms with Gasteiger partial charge in [-0.25, -0.2) is 0 Å². The lowest BCUT2D eigenvalue weighted by atomic mass is 10.0. The molecule has 5 nitrogen and oxygen atoms in total. The Morgan fingerprint density at radius 3 is 2.64 bits per heavy atom. The van der Waals surface area contributed by atoms with Crippen molar-refractivity contribution in [3.8, 4) is 5.75 Å². The number of nitrogens with zero attached hydrogens (tertiary/aromatic N) is 2. The third-order valence-electron chi connectivity index (χ3n) is 4.77. The molecule has 1 aromatic carbocycles. The SMILES string of the molecule is CCCCCOc1ccc(C(C(=O)N(C)C)N2CCNCC2C)cc1. The van der Waals surface area contributed by atoms with E-state index < -0.39 is 0 Å². The second kappa shape index (κ2) is 9.78. The quantitative estimate of drug-likeness (QED) is 0.735. The number of hydrogen-bond donors (Lipinski definition) is 1. The molecule has 1 aliphatic rings. The summed E-state index contributed by atoms with van der Waals surface area (Å²) in [6, 6.07) is 8.15. The van der Waals surface area contributed by atoms with Gasteiger partial charge in [-0.1, -0.05) is 31.9 Å². The van der Waals surface area contributed by atoms with E-state index in [0.717, 1.165) is 44.0 Å². The zero-order valence-corrected chi connectivity index (χ0v) is 16.1. The van der Waals surface area contributed by atoms with Crippen LogP contribution in [-0.4, -0.2) is 62.1 Å². The molecule has 25 heavy (non-hydrogen) atoms. The Bertz CT molecular complexity index is 530. The first-order valence-electron chi connectivity index (χ1n) is 9.45. The molecule has 0 aromatic heterocycles. The second-order valence-corrected chi connectivity index (χ2v) is 7.05. The number of likely N-dealkylation sites (N-methyl/N-ethyl adjacent to an activating group) is 1. The summed E-state index contributed by atoms with van der Waals surface area (Å²) in [4.78, 5) is 16.8. The molecule has 1 fully saturated rings. The predicted octanol–water partition coefficient (Wildman–Crippen LogP) is 2.68. The summed E-state index contributed by atoms with van der Waals surface area (Å²) in [6.07, 6.45) is 3.47. The molecule has 1 heterocycles. The number of rotatable bonds is 8. The van der Waals surface area contributed by atoms with Crippen molar-refractivity contribution in [1.29, 1.82) is 0 Å². The standard InChI is InChI=1S/C20H33N3O2/c1-5-6-7-14-25-18-10-8-17(9-11-18)19(20(24)22(3)4)23-13-12-21-15-16(23)2/h8-11,16,19,21H,5-7,12-15H2,1-4H3. The molecule has 2 unspecified atom stereocenters. The normalized spacial score (nSPS) is 19.4. The molecule has 2 rings (SSSR count). The lowest BCUT2D eigenvalue weighted by Gasteiger charge is -2.40. The van der Waals surface area contributed by atoms with Crippen LogP contribution in [0.4, 0.5) is 0 Å². The predicted molar refractivity (Wildman–Crippen MR) is 102 cm³/mol. The molecule has 0 aliphatic carbocycles. The van der Waals surface area contributed by atoms with E-state index in [4.69, 9.17) is 4.74 Å². The van der Waals surface area contributed by atoms with Gasteiger partial charge in [0, 0.05) is 39.8 Å². The van der Waals surface area contributed by atoms with Crippen LogP contribution >= 0.6 is 0 Å². The van der Waals surface area contributed by atoms with Crippen molar-refractivity contribution in [3.63, 3.8) is 0 Å². The van der Waals surface area contributed by atoms with Crippen molar-refractivity contribution < 1.29 is 9.53 Å². The maximum absolute atomic E-state index is 12.8. The van der Waals surface area contributed by atoms with Crippen molar-refractivity contribution in [3.05, 3.63) is 29.8 Å². The van der Waals surface area contributed by atoms with Crippen molar-refractivity contribution in [2.45, 2.75) is 45.2 Å². The molecule has 140 valence electrons. The molecule has 1 N–H and O–H groups in total. The van der Waals surface area contributed by atoms with Crippen molar-refractivity contribution in [2.75, 3.05) is 40.3 Å². The molecule has 5 heteroatoms. The maximum atomic E-state index is 12.8. The van der Waals surface area contributed by atoms with Gasteiger partial charge in [-0.05, 0) is 31.0 Å². The average Bonchev–Trinajstić information content (AvgIpc) is 2.61. The first-order valence-corrected chi connectivity index (χ1v) is 9.45. The number of benzene rings is 1. The van der Waals surface area contributed by atoms with Crippen molar-refractivity contribution in [2.24, 2.45) is 0 Å². The van der Waals surface area contributed by atoms with Gasteiger partial charge in [0.05, 0.1) is 6.61 Å². The first kappa shape index (κ1) is 19.7. The van der Waals surface area contributed by atoms with Gasteiger partial charge in [0.25, 0.3) is 0 Å². The van der Waals surface area contributed by atoms with E-state index in [2.05, 4.69) is 24.1 Å². The molecule has 2 atom stereocenters. The number of amides is 1. The molecule has 1 aliphatic heterocycles. The Hall–Kier alpha value is -1.59. The topological polar surface area (TPSA) is 44.8 Å². The van der Waals surface area contributed by atoms with Crippen LogP contribution in [0.3, 0.4) is 0 Å². The second-order valence-electron chi connectivity index (χ2n) is 7.05. The minimum absolute atomic E-state index is 0.130. The fraction of sp³-hybridized carbons (Fsp3) is 0.650. The first-order chi connectivity index (χ1) is 12.0. The van der Waals surface area contributed by atoms with E-state index in [-0.39, 0.29) is 11.9 Å². The fourth-order valence-corrected chi connectivity index (χ4v) is 3.25. The average molecular weight is 348 g/mol. The summed E-state index contributed by atoms with van der Waals surface area (Å²) in [6.45, 7) is 7.82. The number of nitrogens with one attached hydrogen (secondary N) is 1. The smallest absolute Gasteiger partial charge is 0.244 e. The van der Waals surface area contributed by atoms with Gasteiger partial charge in [-0.15, -0.1) is 0 Å². The number of ether oxygens (including phenoxy) is 1. The number of piperazine rings is 1. The Morgan fingerprint density at radius 1 is 1.32 bits per heavy atom. The van der Waals surface area contributed by atoms with E-state index in [0.29, 0.717) is 6.04 Å². The molecule has 1 aromatic rings. The van der Waals surface area contributed by atoms with Gasteiger partial charge in [0.1, 0.15) is 11.8 Å². The maximum Gasteiger partial charge on any atom is 0.244 e. The summed E-state index contributed by atoms with van der Waals surface area (Å²) in [5.41, 5.74) is 1.04. The van der Waals surface area contributed by atoms with Crippen molar-refractivity contribution in [1.82, 2.24) is 15.1 Å². The highest BCUT2D eigenvalue weighted by Gasteiger charge is 2.33. The molecule has 0 saturated carbocycles. The summed E-state index contributed by atoms with van der Waals surface area (Å²) < 4.78 is 5.80. The van der Waals surface area contributed by atoms with E-state index in [1.54, 1.807) is 4.90 Å². The van der Waals surface area contributed by atoms with E-state index >= 15 is 0 Å². The lowest BCUT2D eigenvalue weighted by Crippen LogP contribution is -2.54. The lowest BCUT2D eigenvalue weighted by molar-refractivity contribution is -0.136. The highest BCUT2D eigenvalue weighted by molar-refractivity contribution is 5.83. The monoisotopic (exact) mass is 347 g/mol. The molecule has 0 bridgehead atoms. The highest BCUT2D eigenvalue weighted by atomic mass is 16.5. The van der Waals surface area contributed by atoms with E-state index in [1.165, 1.54) is 12.8 Å². The summed E-state index contributed by atoms with van der Waals surface area (Å²) in [5.74, 6) is 1.01. The summed E-state index contributed by atoms with van der Waals surface area (Å²) in [5, 5.41) is 3.39. The van der Waals surface area contributed by atoms with E-state index in [9.17, 15) is 4.79 Å². The fourth-order valence-electron chi connectivity index (χ4n) is 3.25. The van der Waals surface area contributed by atoms with E-state index in [1.807, 2.05) is 38.4 Å². The largest absolute Gasteiger partial charge is 0.494 e. The van der Waals surface area contributed by atoms with Gasteiger partial charge in [-0.3, -0.25) is 9.69 Å². The third-order valence-corrected chi connectivity index (χ3v) is 4.77. The Labute approximate surface area is 152 Å². The highest BCUT2D eigenvalue weighted by Crippen LogP contribution is 2.27. The number of hydrogen-bond acceptors (Lipinski definition) is 4. The molecular weight excluding hydrogens is 314 g/mol. The van der Waals surface area contributed by atoms with Crippen LogP contribution in [-0.2, 0) is 4.79 Å². The van der Waals surface area contributed by atoms with Gasteiger partial charge in [0.15, 0.2) is 0 Å². The van der Waals surface area contributed by atoms with Crippen LogP contribution in [0.15, 0.2) is 24.3 Å². The Morgan fingerprint density at radius 2 is 2.04 bits per heavy atom. The van der Waals surface area contributed by atoms with Crippen LogP contribution in [0, 0.1) is 0 Å². The Kier molecular flexibility index (Phi) is 7.72. The number of unbranched alkanes of at least 4 members (excludes halogenated alkanes) is 2. The third kappa shape index (κ3) is 5.44. The van der Waals surface area contributed by atoms with Gasteiger partial charge >= 0.3 is 0 Å². The molecule has 1 amide bonds. The van der Waals surface area contributed by atoms with Crippen LogP contribution in [0.5, 0.6) is 5.75 Å². The van der Waals surface area contributed by atoms with Crippen LogP contribution in [0.2, 0.25) is 0 Å². The van der Waals surface area contributed by atoms with Gasteiger partial charge < -0.3 is 15.0 Å². The number of carbonyl (C=O) groups is 1. The van der Waals surface area contributed by atoms with Crippen molar-refractivity contribution >= 4 is 5.91 Å². The van der Waals surface area contributed by atoms with Crippen LogP contribution in [0.25, 0.3) is 0 Å². The minimum Gasteiger partial charge on any atom is -0.494 e. The molecule has 1 saturated heterocycles. The zero-order chi connectivity index (χ0) is 18.2. The molecule has 0 spiro atoms.